The maximum Gasteiger partial charge on any atom is 0.231 e. The van der Waals surface area contributed by atoms with Crippen molar-refractivity contribution in [2.45, 2.75) is 19.4 Å². The number of anilines is 1. The zero-order valence-electron chi connectivity index (χ0n) is 17.0. The molecule has 3 heterocycles. The lowest BCUT2D eigenvalue weighted by Gasteiger charge is -2.32. The Morgan fingerprint density at radius 2 is 2.10 bits per heavy atom. The number of para-hydroxylation sites is 1. The smallest absolute Gasteiger partial charge is 0.231 e. The molecule has 1 amide bonds. The highest BCUT2D eigenvalue weighted by Crippen LogP contribution is 2.31. The van der Waals surface area contributed by atoms with Crippen LogP contribution >= 0.6 is 11.6 Å². The number of ether oxygens (including phenoxy) is 2. The Bertz CT molecular complexity index is 1050. The Labute approximate surface area is 179 Å². The lowest BCUT2D eigenvalue weighted by atomic mass is 9.97. The average molecular weight is 430 g/mol. The van der Waals surface area contributed by atoms with Gasteiger partial charge in [-0.15, -0.1) is 10.2 Å². The van der Waals surface area contributed by atoms with Gasteiger partial charge < -0.3 is 19.7 Å². The third kappa shape index (κ3) is 3.87. The summed E-state index contributed by atoms with van der Waals surface area (Å²) >= 11 is 6.21. The Morgan fingerprint density at radius 1 is 1.23 bits per heavy atom. The molecule has 0 aliphatic carbocycles. The summed E-state index contributed by atoms with van der Waals surface area (Å²) in [6.45, 7) is 1.77. The number of methoxy groups -OCH3 is 2. The van der Waals surface area contributed by atoms with Crippen molar-refractivity contribution >= 4 is 29.1 Å². The molecule has 30 heavy (non-hydrogen) atoms. The lowest BCUT2D eigenvalue weighted by Crippen LogP contribution is -2.43. The molecule has 158 valence electrons. The van der Waals surface area contributed by atoms with E-state index in [0.717, 1.165) is 24.9 Å². The second-order valence-corrected chi connectivity index (χ2v) is 7.61. The minimum Gasteiger partial charge on any atom is -0.493 e. The van der Waals surface area contributed by atoms with Gasteiger partial charge in [-0.05, 0) is 31.0 Å². The van der Waals surface area contributed by atoms with Crippen LogP contribution < -0.4 is 19.7 Å². The zero-order valence-corrected chi connectivity index (χ0v) is 17.7. The molecule has 0 unspecified atom stereocenters. The fourth-order valence-corrected chi connectivity index (χ4v) is 4.08. The van der Waals surface area contributed by atoms with Crippen molar-refractivity contribution in [3.8, 4) is 11.5 Å². The molecule has 1 atom stereocenters. The summed E-state index contributed by atoms with van der Waals surface area (Å²) in [5.41, 5.74) is 1.49. The third-order valence-electron chi connectivity index (χ3n) is 5.38. The number of hydrogen-bond acceptors (Lipinski definition) is 6. The minimum absolute atomic E-state index is 0.0106. The molecule has 8 nitrogen and oxygen atoms in total. The fourth-order valence-electron chi connectivity index (χ4n) is 3.88. The number of halogens is 1. The molecule has 0 bridgehead atoms. The number of rotatable bonds is 6. The molecule has 3 aromatic rings. The van der Waals surface area contributed by atoms with E-state index in [2.05, 4.69) is 20.4 Å². The summed E-state index contributed by atoms with van der Waals surface area (Å²) in [5.74, 6) is 1.86. The molecule has 1 saturated heterocycles. The first-order valence-corrected chi connectivity index (χ1v) is 10.2. The zero-order chi connectivity index (χ0) is 21.1. The highest BCUT2D eigenvalue weighted by molar-refractivity contribution is 6.33. The van der Waals surface area contributed by atoms with Crippen molar-refractivity contribution in [3.05, 3.63) is 47.1 Å². The predicted octanol–water partition coefficient (Wildman–Crippen LogP) is 2.93. The third-order valence-corrected chi connectivity index (χ3v) is 5.68. The van der Waals surface area contributed by atoms with E-state index in [1.54, 1.807) is 20.3 Å². The van der Waals surface area contributed by atoms with Crippen LogP contribution in [0.2, 0.25) is 5.02 Å². The van der Waals surface area contributed by atoms with Gasteiger partial charge in [0.1, 0.15) is 0 Å². The Balaban J connectivity index is 1.45. The fraction of sp³-hybridized carbons (Fsp3) is 0.381. The van der Waals surface area contributed by atoms with E-state index in [1.165, 1.54) is 0 Å². The van der Waals surface area contributed by atoms with Crippen LogP contribution in [0.4, 0.5) is 5.95 Å². The van der Waals surface area contributed by atoms with Gasteiger partial charge in [0.25, 0.3) is 0 Å². The van der Waals surface area contributed by atoms with Gasteiger partial charge >= 0.3 is 0 Å². The van der Waals surface area contributed by atoms with Gasteiger partial charge in [-0.3, -0.25) is 9.20 Å². The van der Waals surface area contributed by atoms with Gasteiger partial charge in [0.2, 0.25) is 11.9 Å². The second-order valence-electron chi connectivity index (χ2n) is 7.21. The number of pyridine rings is 1. The van der Waals surface area contributed by atoms with Crippen molar-refractivity contribution < 1.29 is 14.3 Å². The first-order valence-electron chi connectivity index (χ1n) is 9.84. The van der Waals surface area contributed by atoms with E-state index >= 15 is 0 Å². The maximum absolute atomic E-state index is 12.9. The van der Waals surface area contributed by atoms with Crippen LogP contribution in [-0.2, 0) is 11.3 Å². The Morgan fingerprint density at radius 3 is 2.90 bits per heavy atom. The molecular formula is C21H24ClN5O3. The number of amides is 1. The van der Waals surface area contributed by atoms with Crippen LogP contribution in [0.25, 0.3) is 5.65 Å². The largest absolute Gasteiger partial charge is 0.493 e. The van der Waals surface area contributed by atoms with Crippen LogP contribution in [0.5, 0.6) is 11.5 Å². The van der Waals surface area contributed by atoms with Gasteiger partial charge in [0.05, 0.1) is 25.2 Å². The Hall–Kier alpha value is -3.00. The monoisotopic (exact) mass is 429 g/mol. The van der Waals surface area contributed by atoms with Crippen molar-refractivity contribution in [2.75, 3.05) is 32.2 Å². The molecule has 1 aliphatic heterocycles. The summed E-state index contributed by atoms with van der Waals surface area (Å²) in [4.78, 5) is 15.0. The van der Waals surface area contributed by atoms with Gasteiger partial charge in [0.15, 0.2) is 17.1 Å². The summed E-state index contributed by atoms with van der Waals surface area (Å²) < 4.78 is 12.6. The van der Waals surface area contributed by atoms with Gasteiger partial charge in [-0.2, -0.15) is 0 Å². The second kappa shape index (κ2) is 8.79. The summed E-state index contributed by atoms with van der Waals surface area (Å²) in [6.07, 6.45) is 3.61. The van der Waals surface area contributed by atoms with Gasteiger partial charge in [0, 0.05) is 31.4 Å². The summed E-state index contributed by atoms with van der Waals surface area (Å²) in [6, 6.07) is 9.28. The van der Waals surface area contributed by atoms with Gasteiger partial charge in [-0.25, -0.2) is 0 Å². The number of benzene rings is 1. The quantitative estimate of drug-likeness (QED) is 0.648. The SMILES string of the molecule is COc1cccc(CNC(=O)[C@@H]2CCCN(c3nnc4c(Cl)cccn34)C2)c1OC. The molecule has 1 aromatic carbocycles. The number of hydrogen-bond donors (Lipinski definition) is 1. The molecule has 1 aliphatic rings. The summed E-state index contributed by atoms with van der Waals surface area (Å²) in [5, 5.41) is 12.1. The molecule has 2 aromatic heterocycles. The number of nitrogens with one attached hydrogen (secondary N) is 1. The van der Waals surface area contributed by atoms with Gasteiger partial charge in [-0.1, -0.05) is 23.7 Å². The Kier molecular flexibility index (Phi) is 5.94. The maximum atomic E-state index is 12.9. The number of fused-ring (bicyclic) bond motifs is 1. The van der Waals surface area contributed by atoms with E-state index in [9.17, 15) is 4.79 Å². The van der Waals surface area contributed by atoms with Crippen molar-refractivity contribution in [1.29, 1.82) is 0 Å². The molecule has 1 N–H and O–H groups in total. The van der Waals surface area contributed by atoms with Crippen LogP contribution in [0, 0.1) is 5.92 Å². The molecule has 0 spiro atoms. The lowest BCUT2D eigenvalue weighted by molar-refractivity contribution is -0.125. The average Bonchev–Trinajstić information content (AvgIpc) is 3.22. The van der Waals surface area contributed by atoms with Crippen LogP contribution in [0.1, 0.15) is 18.4 Å². The highest BCUT2D eigenvalue weighted by atomic mass is 35.5. The topological polar surface area (TPSA) is 81.0 Å². The van der Waals surface area contributed by atoms with E-state index in [-0.39, 0.29) is 11.8 Å². The number of nitrogens with zero attached hydrogens (tertiary/aromatic N) is 4. The molecule has 0 radical (unpaired) electrons. The van der Waals surface area contributed by atoms with Crippen molar-refractivity contribution in [3.63, 3.8) is 0 Å². The van der Waals surface area contributed by atoms with Crippen molar-refractivity contribution in [2.24, 2.45) is 5.92 Å². The van der Waals surface area contributed by atoms with E-state index in [1.807, 2.05) is 34.9 Å². The van der Waals surface area contributed by atoms with E-state index in [0.29, 0.717) is 41.2 Å². The number of piperidine rings is 1. The first-order chi connectivity index (χ1) is 14.6. The van der Waals surface area contributed by atoms with Crippen molar-refractivity contribution in [1.82, 2.24) is 19.9 Å². The van der Waals surface area contributed by atoms with Crippen LogP contribution in [0.3, 0.4) is 0 Å². The van der Waals surface area contributed by atoms with E-state index < -0.39 is 0 Å². The standard InChI is InChI=1S/C21H24ClN5O3/c1-29-17-9-3-6-14(18(17)30-2)12-23-20(28)15-7-4-10-26(13-15)21-25-24-19-16(22)8-5-11-27(19)21/h3,5-6,8-9,11,15H,4,7,10,12-13H2,1-2H3,(H,23,28)/t15-/m1/s1. The molecular weight excluding hydrogens is 406 g/mol. The van der Waals surface area contributed by atoms with Crippen LogP contribution in [-0.4, -0.2) is 47.8 Å². The molecule has 9 heteroatoms. The normalized spacial score (nSPS) is 16.5. The molecule has 0 saturated carbocycles. The summed E-state index contributed by atoms with van der Waals surface area (Å²) in [7, 11) is 3.19. The predicted molar refractivity (Wildman–Crippen MR) is 114 cm³/mol. The molecule has 1 fully saturated rings. The number of carbonyl (C=O) groups excluding carboxylic acids is 1. The van der Waals surface area contributed by atoms with Crippen LogP contribution in [0.15, 0.2) is 36.5 Å². The minimum atomic E-state index is -0.137. The molecule has 4 rings (SSSR count). The highest BCUT2D eigenvalue weighted by Gasteiger charge is 2.28. The van der Waals surface area contributed by atoms with E-state index in [4.69, 9.17) is 21.1 Å². The first kappa shape index (κ1) is 20.3. The number of carbonyl (C=O) groups is 1. The number of aromatic nitrogens is 3.